The molecule has 0 saturated heterocycles. The van der Waals surface area contributed by atoms with E-state index in [9.17, 15) is 13.6 Å². The van der Waals surface area contributed by atoms with Gasteiger partial charge in [-0.15, -0.1) is 0 Å². The summed E-state index contributed by atoms with van der Waals surface area (Å²) >= 11 is 5.40. The fourth-order valence-corrected chi connectivity index (χ4v) is 1.55. The molecule has 0 N–H and O–H groups in total. The Bertz CT molecular complexity index is 595. The van der Waals surface area contributed by atoms with E-state index in [1.807, 2.05) is 0 Å². The van der Waals surface area contributed by atoms with Crippen LogP contribution in [0.15, 0.2) is 24.5 Å². The number of nitrogens with zero attached hydrogens (tertiary/aromatic N) is 2. The molecule has 0 radical (unpaired) electrons. The van der Waals surface area contributed by atoms with E-state index in [1.165, 1.54) is 17.0 Å². The zero-order valence-corrected chi connectivity index (χ0v) is 9.50. The Hall–Kier alpha value is -1.75. The maximum absolute atomic E-state index is 13.5. The van der Waals surface area contributed by atoms with Crippen molar-refractivity contribution >= 4 is 17.4 Å². The van der Waals surface area contributed by atoms with Crippen molar-refractivity contribution in [3.63, 3.8) is 0 Å². The molecule has 1 heterocycles. The van der Waals surface area contributed by atoms with E-state index in [0.29, 0.717) is 0 Å². The Morgan fingerprint density at radius 2 is 2.06 bits per heavy atom. The standard InChI is InChI=1S/C11H7ClF2N2O/c1-16-3-2-15-11(16)10(17)6-4-9(14)7(12)5-8(6)13/h2-5H,1H3. The van der Waals surface area contributed by atoms with Gasteiger partial charge in [0, 0.05) is 19.4 Å². The molecule has 6 heteroatoms. The average Bonchev–Trinajstić information content (AvgIpc) is 2.69. The minimum absolute atomic E-state index is 0.0330. The number of hydrogen-bond donors (Lipinski definition) is 0. The predicted molar refractivity (Wildman–Crippen MR) is 58.0 cm³/mol. The monoisotopic (exact) mass is 256 g/mol. The smallest absolute Gasteiger partial charge is 0.231 e. The molecular weight excluding hydrogens is 250 g/mol. The summed E-state index contributed by atoms with van der Waals surface area (Å²) in [6.07, 6.45) is 2.94. The van der Waals surface area contributed by atoms with Crippen molar-refractivity contribution in [3.05, 3.63) is 52.6 Å². The fraction of sp³-hybridized carbons (Fsp3) is 0.0909. The Labute approximate surface area is 101 Å². The molecule has 2 rings (SSSR count). The van der Waals surface area contributed by atoms with Gasteiger partial charge in [0.05, 0.1) is 10.6 Å². The van der Waals surface area contributed by atoms with Gasteiger partial charge < -0.3 is 4.57 Å². The lowest BCUT2D eigenvalue weighted by atomic mass is 10.1. The molecule has 0 unspecified atom stereocenters. The molecule has 0 aliphatic rings. The second-order valence-electron chi connectivity index (χ2n) is 3.44. The van der Waals surface area contributed by atoms with Crippen molar-refractivity contribution in [1.29, 1.82) is 0 Å². The van der Waals surface area contributed by atoms with Gasteiger partial charge in [-0.1, -0.05) is 11.6 Å². The van der Waals surface area contributed by atoms with Gasteiger partial charge in [0.25, 0.3) is 0 Å². The third-order valence-corrected chi connectivity index (χ3v) is 2.57. The lowest BCUT2D eigenvalue weighted by Gasteiger charge is -2.04. The summed E-state index contributed by atoms with van der Waals surface area (Å²) in [5.74, 6) is -2.37. The van der Waals surface area contributed by atoms with Crippen LogP contribution < -0.4 is 0 Å². The van der Waals surface area contributed by atoms with Crippen molar-refractivity contribution in [3.8, 4) is 0 Å². The van der Waals surface area contributed by atoms with Crippen molar-refractivity contribution in [2.45, 2.75) is 0 Å². The average molecular weight is 257 g/mol. The third-order valence-electron chi connectivity index (χ3n) is 2.28. The van der Waals surface area contributed by atoms with Crippen LogP contribution >= 0.6 is 11.6 Å². The van der Waals surface area contributed by atoms with Crippen LogP contribution in [0, 0.1) is 11.6 Å². The third kappa shape index (κ3) is 2.06. The van der Waals surface area contributed by atoms with Crippen LogP contribution in [-0.4, -0.2) is 15.3 Å². The molecule has 0 bridgehead atoms. The zero-order valence-electron chi connectivity index (χ0n) is 8.75. The maximum atomic E-state index is 13.5. The number of ketones is 1. The second kappa shape index (κ2) is 4.25. The molecule has 0 atom stereocenters. The molecule has 0 fully saturated rings. The summed E-state index contributed by atoms with van der Waals surface area (Å²) < 4.78 is 28.1. The van der Waals surface area contributed by atoms with Gasteiger partial charge in [0.1, 0.15) is 11.6 Å². The Morgan fingerprint density at radius 3 is 2.65 bits per heavy atom. The van der Waals surface area contributed by atoms with Crippen LogP contribution in [0.25, 0.3) is 0 Å². The first kappa shape index (κ1) is 11.7. The number of aromatic nitrogens is 2. The highest BCUT2D eigenvalue weighted by atomic mass is 35.5. The summed E-state index contributed by atoms with van der Waals surface area (Å²) in [4.78, 5) is 15.7. The van der Waals surface area contributed by atoms with Crippen LogP contribution in [0.3, 0.4) is 0 Å². The second-order valence-corrected chi connectivity index (χ2v) is 3.84. The van der Waals surface area contributed by atoms with Crippen LogP contribution in [0.5, 0.6) is 0 Å². The minimum atomic E-state index is -0.871. The van der Waals surface area contributed by atoms with E-state index in [1.54, 1.807) is 7.05 Å². The normalized spacial score (nSPS) is 10.6. The number of imidazole rings is 1. The van der Waals surface area contributed by atoms with Gasteiger partial charge in [0.15, 0.2) is 5.82 Å². The van der Waals surface area contributed by atoms with Crippen LogP contribution in [-0.2, 0) is 7.05 Å². The molecule has 0 spiro atoms. The highest BCUT2D eigenvalue weighted by Gasteiger charge is 2.19. The van der Waals surface area contributed by atoms with Gasteiger partial charge in [-0.2, -0.15) is 0 Å². The molecule has 0 aliphatic heterocycles. The van der Waals surface area contributed by atoms with Crippen molar-refractivity contribution < 1.29 is 13.6 Å². The lowest BCUT2D eigenvalue weighted by Crippen LogP contribution is -2.11. The first-order valence-corrected chi connectivity index (χ1v) is 5.05. The molecule has 17 heavy (non-hydrogen) atoms. The molecule has 3 nitrogen and oxygen atoms in total. The van der Waals surface area contributed by atoms with E-state index in [-0.39, 0.29) is 16.4 Å². The van der Waals surface area contributed by atoms with E-state index < -0.39 is 17.4 Å². The number of carbonyl (C=O) groups is 1. The molecule has 1 aromatic heterocycles. The number of rotatable bonds is 2. The Kier molecular flexibility index (Phi) is 2.93. The molecule has 2 aromatic rings. The quantitative estimate of drug-likeness (QED) is 0.611. The number of benzene rings is 1. The summed E-state index contributed by atoms with van der Waals surface area (Å²) in [6.45, 7) is 0. The van der Waals surface area contributed by atoms with E-state index in [2.05, 4.69) is 4.98 Å². The largest absolute Gasteiger partial charge is 0.331 e. The summed E-state index contributed by atoms with van der Waals surface area (Å²) in [7, 11) is 1.59. The van der Waals surface area contributed by atoms with Crippen molar-refractivity contribution in [2.24, 2.45) is 7.05 Å². The molecule has 1 aromatic carbocycles. The fourth-order valence-electron chi connectivity index (χ4n) is 1.40. The first-order chi connectivity index (χ1) is 8.00. The number of hydrogen-bond acceptors (Lipinski definition) is 2. The topological polar surface area (TPSA) is 34.9 Å². The van der Waals surface area contributed by atoms with Gasteiger partial charge in [-0.05, 0) is 12.1 Å². The van der Waals surface area contributed by atoms with Crippen LogP contribution in [0.2, 0.25) is 5.02 Å². The Morgan fingerprint density at radius 1 is 1.35 bits per heavy atom. The Balaban J connectivity index is 2.52. The molecule has 0 amide bonds. The van der Waals surface area contributed by atoms with Gasteiger partial charge >= 0.3 is 0 Å². The number of aryl methyl sites for hydroxylation is 1. The lowest BCUT2D eigenvalue weighted by molar-refractivity contribution is 0.102. The summed E-state index contributed by atoms with van der Waals surface area (Å²) in [5.41, 5.74) is -0.388. The highest BCUT2D eigenvalue weighted by Crippen LogP contribution is 2.21. The predicted octanol–water partition coefficient (Wildman–Crippen LogP) is 2.58. The van der Waals surface area contributed by atoms with E-state index in [4.69, 9.17) is 11.6 Å². The summed E-state index contributed by atoms with van der Waals surface area (Å²) in [5, 5.41) is -0.362. The SMILES string of the molecule is Cn1ccnc1C(=O)c1cc(F)c(Cl)cc1F. The molecule has 0 saturated carbocycles. The first-order valence-electron chi connectivity index (χ1n) is 4.67. The highest BCUT2D eigenvalue weighted by molar-refractivity contribution is 6.30. The van der Waals surface area contributed by atoms with Crippen LogP contribution in [0.4, 0.5) is 8.78 Å². The minimum Gasteiger partial charge on any atom is -0.331 e. The maximum Gasteiger partial charge on any atom is 0.231 e. The van der Waals surface area contributed by atoms with Gasteiger partial charge in [0.2, 0.25) is 5.78 Å². The molecular formula is C11H7ClF2N2O. The zero-order chi connectivity index (χ0) is 12.6. The summed E-state index contributed by atoms with van der Waals surface area (Å²) in [6, 6.07) is 1.54. The van der Waals surface area contributed by atoms with E-state index in [0.717, 1.165) is 12.1 Å². The number of halogens is 3. The molecule has 88 valence electrons. The van der Waals surface area contributed by atoms with Gasteiger partial charge in [-0.3, -0.25) is 4.79 Å². The number of carbonyl (C=O) groups excluding carboxylic acids is 1. The molecule has 0 aliphatic carbocycles. The van der Waals surface area contributed by atoms with Crippen molar-refractivity contribution in [1.82, 2.24) is 9.55 Å². The van der Waals surface area contributed by atoms with Crippen molar-refractivity contribution in [2.75, 3.05) is 0 Å². The van der Waals surface area contributed by atoms with E-state index >= 15 is 0 Å². The van der Waals surface area contributed by atoms with Gasteiger partial charge in [-0.25, -0.2) is 13.8 Å². The van der Waals surface area contributed by atoms with Crippen LogP contribution in [0.1, 0.15) is 16.2 Å².